The van der Waals surface area contributed by atoms with Gasteiger partial charge in [0.15, 0.2) is 0 Å². The van der Waals surface area contributed by atoms with Crippen LogP contribution in [-0.2, 0) is 17.9 Å². The van der Waals surface area contributed by atoms with Gasteiger partial charge in [-0.3, -0.25) is 9.69 Å². The second-order valence-corrected chi connectivity index (χ2v) is 6.50. The SMILES string of the molecule is Cc1ccc2c(CN(C)CC(=O)NCc3ccco3)cc(=O)oc2c1C. The van der Waals surface area contributed by atoms with Crippen molar-refractivity contribution in [2.75, 3.05) is 13.6 Å². The summed E-state index contributed by atoms with van der Waals surface area (Å²) in [6.45, 7) is 4.97. The van der Waals surface area contributed by atoms with Gasteiger partial charge in [-0.15, -0.1) is 0 Å². The summed E-state index contributed by atoms with van der Waals surface area (Å²) in [5.74, 6) is 0.599. The normalized spacial score (nSPS) is 11.2. The Morgan fingerprint density at radius 3 is 2.77 bits per heavy atom. The van der Waals surface area contributed by atoms with Crippen LogP contribution in [0, 0.1) is 13.8 Å². The van der Waals surface area contributed by atoms with Gasteiger partial charge in [-0.25, -0.2) is 4.79 Å². The predicted molar refractivity (Wildman–Crippen MR) is 98.8 cm³/mol. The molecule has 3 aromatic rings. The number of hydrogen-bond donors (Lipinski definition) is 1. The predicted octanol–water partition coefficient (Wildman–Crippen LogP) is 2.75. The van der Waals surface area contributed by atoms with E-state index in [4.69, 9.17) is 8.83 Å². The van der Waals surface area contributed by atoms with Crippen LogP contribution in [0.25, 0.3) is 11.0 Å². The lowest BCUT2D eigenvalue weighted by atomic mass is 10.0. The molecule has 26 heavy (non-hydrogen) atoms. The number of nitrogens with zero attached hydrogens (tertiary/aromatic N) is 1. The molecular formula is C20H22N2O4. The zero-order chi connectivity index (χ0) is 18.7. The lowest BCUT2D eigenvalue weighted by Gasteiger charge is -2.17. The lowest BCUT2D eigenvalue weighted by Crippen LogP contribution is -2.34. The highest BCUT2D eigenvalue weighted by atomic mass is 16.4. The Morgan fingerprint density at radius 2 is 2.04 bits per heavy atom. The highest BCUT2D eigenvalue weighted by Gasteiger charge is 2.13. The number of aryl methyl sites for hydroxylation is 2. The molecular weight excluding hydrogens is 332 g/mol. The molecule has 0 aliphatic rings. The molecule has 0 bridgehead atoms. The summed E-state index contributed by atoms with van der Waals surface area (Å²) < 4.78 is 10.6. The lowest BCUT2D eigenvalue weighted by molar-refractivity contribution is -0.122. The van der Waals surface area contributed by atoms with Crippen molar-refractivity contribution in [3.63, 3.8) is 0 Å². The smallest absolute Gasteiger partial charge is 0.336 e. The quantitative estimate of drug-likeness (QED) is 0.689. The van der Waals surface area contributed by atoms with Gasteiger partial charge in [0, 0.05) is 18.0 Å². The van der Waals surface area contributed by atoms with E-state index in [2.05, 4.69) is 5.32 Å². The molecule has 0 saturated carbocycles. The van der Waals surface area contributed by atoms with Gasteiger partial charge in [0.25, 0.3) is 0 Å². The number of likely N-dealkylation sites (N-methyl/N-ethyl adjacent to an activating group) is 1. The van der Waals surface area contributed by atoms with E-state index in [0.717, 1.165) is 22.1 Å². The number of carbonyl (C=O) groups excluding carboxylic acids is 1. The van der Waals surface area contributed by atoms with Crippen LogP contribution in [0.2, 0.25) is 0 Å². The Balaban J connectivity index is 1.71. The largest absolute Gasteiger partial charge is 0.467 e. The minimum Gasteiger partial charge on any atom is -0.467 e. The Hall–Kier alpha value is -2.86. The maximum absolute atomic E-state index is 12.1. The third-order valence-electron chi connectivity index (χ3n) is 4.41. The first-order valence-electron chi connectivity index (χ1n) is 8.44. The molecule has 0 aliphatic carbocycles. The van der Waals surface area contributed by atoms with Crippen LogP contribution in [0.5, 0.6) is 0 Å². The van der Waals surface area contributed by atoms with E-state index in [1.807, 2.05) is 44.0 Å². The maximum Gasteiger partial charge on any atom is 0.336 e. The van der Waals surface area contributed by atoms with Crippen LogP contribution in [-0.4, -0.2) is 24.4 Å². The zero-order valence-electron chi connectivity index (χ0n) is 15.2. The number of furan rings is 1. The third kappa shape index (κ3) is 4.03. The summed E-state index contributed by atoms with van der Waals surface area (Å²) in [5, 5.41) is 3.71. The van der Waals surface area contributed by atoms with Crippen molar-refractivity contribution in [3.05, 3.63) is 69.5 Å². The van der Waals surface area contributed by atoms with Gasteiger partial charge in [-0.2, -0.15) is 0 Å². The van der Waals surface area contributed by atoms with Gasteiger partial charge >= 0.3 is 5.63 Å². The van der Waals surface area contributed by atoms with Gasteiger partial charge in [0.05, 0.1) is 19.4 Å². The minimum absolute atomic E-state index is 0.108. The summed E-state index contributed by atoms with van der Waals surface area (Å²) >= 11 is 0. The van der Waals surface area contributed by atoms with E-state index in [1.165, 1.54) is 6.07 Å². The highest BCUT2D eigenvalue weighted by molar-refractivity contribution is 5.84. The molecule has 1 amide bonds. The maximum atomic E-state index is 12.1. The second-order valence-electron chi connectivity index (χ2n) is 6.50. The molecule has 2 heterocycles. The van der Waals surface area contributed by atoms with Gasteiger partial charge < -0.3 is 14.2 Å². The Labute approximate surface area is 151 Å². The number of benzene rings is 1. The van der Waals surface area contributed by atoms with E-state index < -0.39 is 0 Å². The van der Waals surface area contributed by atoms with Crippen LogP contribution < -0.4 is 10.9 Å². The van der Waals surface area contributed by atoms with Gasteiger partial charge in [-0.1, -0.05) is 12.1 Å². The number of hydrogen-bond acceptors (Lipinski definition) is 5. The first-order chi connectivity index (χ1) is 12.4. The van der Waals surface area contributed by atoms with Crippen molar-refractivity contribution in [2.24, 2.45) is 0 Å². The number of amides is 1. The fourth-order valence-corrected chi connectivity index (χ4v) is 2.90. The Morgan fingerprint density at radius 1 is 1.23 bits per heavy atom. The van der Waals surface area contributed by atoms with E-state index in [0.29, 0.717) is 24.4 Å². The molecule has 1 aromatic carbocycles. The molecule has 0 spiro atoms. The van der Waals surface area contributed by atoms with Crippen LogP contribution >= 0.6 is 0 Å². The van der Waals surface area contributed by atoms with Crippen molar-refractivity contribution in [1.82, 2.24) is 10.2 Å². The number of carbonyl (C=O) groups is 1. The highest BCUT2D eigenvalue weighted by Crippen LogP contribution is 2.23. The fraction of sp³-hybridized carbons (Fsp3) is 0.300. The number of nitrogens with one attached hydrogen (secondary N) is 1. The van der Waals surface area contributed by atoms with E-state index in [9.17, 15) is 9.59 Å². The monoisotopic (exact) mass is 354 g/mol. The molecule has 0 radical (unpaired) electrons. The van der Waals surface area contributed by atoms with Crippen LogP contribution in [0.15, 0.2) is 50.2 Å². The van der Waals surface area contributed by atoms with Gasteiger partial charge in [-0.05, 0) is 49.7 Å². The van der Waals surface area contributed by atoms with Crippen molar-refractivity contribution >= 4 is 16.9 Å². The molecule has 0 unspecified atom stereocenters. The molecule has 136 valence electrons. The topological polar surface area (TPSA) is 75.7 Å². The molecule has 0 atom stereocenters. The van der Waals surface area contributed by atoms with E-state index in [1.54, 1.807) is 12.3 Å². The zero-order valence-corrected chi connectivity index (χ0v) is 15.2. The Bertz CT molecular complexity index is 973. The molecule has 2 aromatic heterocycles. The summed E-state index contributed by atoms with van der Waals surface area (Å²) in [5.41, 5.74) is 3.12. The minimum atomic E-state index is -0.378. The van der Waals surface area contributed by atoms with Crippen molar-refractivity contribution in [3.8, 4) is 0 Å². The van der Waals surface area contributed by atoms with Crippen molar-refractivity contribution in [2.45, 2.75) is 26.9 Å². The first kappa shape index (κ1) is 17.9. The number of fused-ring (bicyclic) bond motifs is 1. The summed E-state index contributed by atoms with van der Waals surface area (Å²) in [4.78, 5) is 25.9. The molecule has 6 nitrogen and oxygen atoms in total. The molecule has 0 saturated heterocycles. The molecule has 0 fully saturated rings. The van der Waals surface area contributed by atoms with E-state index in [-0.39, 0.29) is 18.1 Å². The van der Waals surface area contributed by atoms with Crippen LogP contribution in [0.1, 0.15) is 22.5 Å². The standard InChI is InChI=1S/C20H22N2O4/c1-13-6-7-17-15(9-19(24)26-20(17)14(13)2)11-22(3)12-18(23)21-10-16-5-4-8-25-16/h4-9H,10-12H2,1-3H3,(H,21,23). The second kappa shape index (κ2) is 7.58. The van der Waals surface area contributed by atoms with Crippen LogP contribution in [0.4, 0.5) is 0 Å². The van der Waals surface area contributed by atoms with Gasteiger partial charge in [0.1, 0.15) is 11.3 Å². The third-order valence-corrected chi connectivity index (χ3v) is 4.41. The summed E-state index contributed by atoms with van der Waals surface area (Å²) in [7, 11) is 1.84. The molecule has 1 N–H and O–H groups in total. The first-order valence-corrected chi connectivity index (χ1v) is 8.44. The Kier molecular flexibility index (Phi) is 5.23. The molecule has 6 heteroatoms. The molecule has 0 aliphatic heterocycles. The van der Waals surface area contributed by atoms with Crippen molar-refractivity contribution in [1.29, 1.82) is 0 Å². The van der Waals surface area contributed by atoms with Gasteiger partial charge in [0.2, 0.25) is 5.91 Å². The van der Waals surface area contributed by atoms with Crippen molar-refractivity contribution < 1.29 is 13.6 Å². The fourth-order valence-electron chi connectivity index (χ4n) is 2.90. The number of rotatable bonds is 6. The average Bonchev–Trinajstić information content (AvgIpc) is 3.10. The van der Waals surface area contributed by atoms with Crippen LogP contribution in [0.3, 0.4) is 0 Å². The van der Waals surface area contributed by atoms with E-state index >= 15 is 0 Å². The summed E-state index contributed by atoms with van der Waals surface area (Å²) in [6, 6.07) is 9.06. The summed E-state index contributed by atoms with van der Waals surface area (Å²) in [6.07, 6.45) is 1.57. The average molecular weight is 354 g/mol. The molecule has 3 rings (SSSR count).